The summed E-state index contributed by atoms with van der Waals surface area (Å²) in [5, 5.41) is 4.54. The predicted octanol–water partition coefficient (Wildman–Crippen LogP) is 3.67. The van der Waals surface area contributed by atoms with Gasteiger partial charge in [0.05, 0.1) is 22.5 Å². The number of rotatable bonds is 3. The zero-order valence-electron chi connectivity index (χ0n) is 15.9. The SMILES string of the molecule is O=c1c(Cl)c(N2CCN(c3ccc(Cl)cn3)CC2)cnn1-c1ccc(C(F)(F)F)cn1. The summed E-state index contributed by atoms with van der Waals surface area (Å²) >= 11 is 12.2. The first-order valence-electron chi connectivity index (χ1n) is 9.17. The molecule has 31 heavy (non-hydrogen) atoms. The van der Waals surface area contributed by atoms with Crippen LogP contribution in [0.15, 0.2) is 47.7 Å². The maximum atomic E-state index is 12.7. The summed E-state index contributed by atoms with van der Waals surface area (Å²) < 4.78 is 39.0. The fourth-order valence-corrected chi connectivity index (χ4v) is 3.58. The second-order valence-corrected chi connectivity index (χ2v) is 7.59. The summed E-state index contributed by atoms with van der Waals surface area (Å²) in [4.78, 5) is 24.7. The molecular formula is C19H15Cl2F3N6O. The van der Waals surface area contributed by atoms with Crippen LogP contribution < -0.4 is 15.4 Å². The average Bonchev–Trinajstić information content (AvgIpc) is 2.76. The maximum absolute atomic E-state index is 12.7. The lowest BCUT2D eigenvalue weighted by Gasteiger charge is -2.36. The lowest BCUT2D eigenvalue weighted by Crippen LogP contribution is -2.47. The Kier molecular flexibility index (Phi) is 5.76. The quantitative estimate of drug-likeness (QED) is 0.581. The monoisotopic (exact) mass is 470 g/mol. The molecule has 0 aromatic carbocycles. The minimum atomic E-state index is -4.52. The Morgan fingerprint density at radius 3 is 2.06 bits per heavy atom. The van der Waals surface area contributed by atoms with Crippen molar-refractivity contribution in [3.63, 3.8) is 0 Å². The number of nitrogens with zero attached hydrogens (tertiary/aromatic N) is 6. The highest BCUT2D eigenvalue weighted by Crippen LogP contribution is 2.29. The third-order valence-electron chi connectivity index (χ3n) is 4.85. The van der Waals surface area contributed by atoms with E-state index >= 15 is 0 Å². The molecule has 3 aromatic heterocycles. The second kappa shape index (κ2) is 8.35. The summed E-state index contributed by atoms with van der Waals surface area (Å²) in [6.07, 6.45) is -0.872. The lowest BCUT2D eigenvalue weighted by atomic mass is 10.2. The average molecular weight is 471 g/mol. The molecule has 0 bridgehead atoms. The van der Waals surface area contributed by atoms with Crippen LogP contribution in [0.1, 0.15) is 5.56 Å². The zero-order valence-corrected chi connectivity index (χ0v) is 17.4. The molecule has 0 saturated carbocycles. The Bertz CT molecular complexity index is 1130. The van der Waals surface area contributed by atoms with Crippen molar-refractivity contribution in [2.45, 2.75) is 6.18 Å². The molecule has 4 heterocycles. The van der Waals surface area contributed by atoms with Gasteiger partial charge in [0, 0.05) is 38.6 Å². The molecule has 0 amide bonds. The van der Waals surface area contributed by atoms with Crippen molar-refractivity contribution in [1.82, 2.24) is 19.7 Å². The molecule has 0 radical (unpaired) electrons. The van der Waals surface area contributed by atoms with Crippen molar-refractivity contribution in [3.05, 3.63) is 68.8 Å². The summed E-state index contributed by atoms with van der Waals surface area (Å²) in [6.45, 7) is 2.45. The molecule has 0 spiro atoms. The minimum absolute atomic E-state index is 0.0508. The van der Waals surface area contributed by atoms with E-state index in [4.69, 9.17) is 23.2 Å². The number of hydrogen-bond donors (Lipinski definition) is 0. The number of pyridine rings is 2. The lowest BCUT2D eigenvalue weighted by molar-refractivity contribution is -0.137. The Hall–Kier alpha value is -2.85. The molecule has 0 unspecified atom stereocenters. The Labute approximate surface area is 184 Å². The Morgan fingerprint density at radius 1 is 0.839 bits per heavy atom. The number of alkyl halides is 3. The van der Waals surface area contributed by atoms with Gasteiger partial charge in [0.2, 0.25) is 0 Å². The van der Waals surface area contributed by atoms with Crippen molar-refractivity contribution in [2.24, 2.45) is 0 Å². The molecule has 1 fully saturated rings. The molecular weight excluding hydrogens is 456 g/mol. The van der Waals surface area contributed by atoms with E-state index in [1.807, 2.05) is 11.0 Å². The van der Waals surface area contributed by atoms with Crippen molar-refractivity contribution in [3.8, 4) is 5.82 Å². The van der Waals surface area contributed by atoms with E-state index in [1.54, 1.807) is 12.3 Å². The van der Waals surface area contributed by atoms with Crippen LogP contribution in [0, 0.1) is 0 Å². The van der Waals surface area contributed by atoms with Gasteiger partial charge in [0.15, 0.2) is 5.82 Å². The Morgan fingerprint density at radius 2 is 1.48 bits per heavy atom. The molecule has 1 saturated heterocycles. The van der Waals surface area contributed by atoms with Gasteiger partial charge in [-0.25, -0.2) is 9.97 Å². The number of halogens is 5. The fraction of sp³-hybridized carbons (Fsp3) is 0.263. The van der Waals surface area contributed by atoms with Gasteiger partial charge in [0.25, 0.3) is 5.56 Å². The molecule has 12 heteroatoms. The first-order valence-corrected chi connectivity index (χ1v) is 9.92. The van der Waals surface area contributed by atoms with Crippen molar-refractivity contribution < 1.29 is 13.2 Å². The third-order valence-corrected chi connectivity index (χ3v) is 5.43. The number of aromatic nitrogens is 4. The second-order valence-electron chi connectivity index (χ2n) is 6.77. The Balaban J connectivity index is 1.52. The van der Waals surface area contributed by atoms with E-state index < -0.39 is 17.3 Å². The molecule has 0 atom stereocenters. The standard InChI is InChI=1S/C19H15Cl2F3N6O/c20-13-2-4-15(26-10-13)29-7-5-28(6-8-29)14-11-27-30(18(31)17(14)21)16-3-1-12(9-25-16)19(22,23)24/h1-4,9-11H,5-8H2. The summed E-state index contributed by atoms with van der Waals surface area (Å²) in [5.74, 6) is 0.752. The van der Waals surface area contributed by atoms with Gasteiger partial charge in [0.1, 0.15) is 10.8 Å². The number of anilines is 2. The van der Waals surface area contributed by atoms with Gasteiger partial charge in [-0.05, 0) is 24.3 Å². The van der Waals surface area contributed by atoms with Crippen molar-refractivity contribution in [2.75, 3.05) is 36.0 Å². The van der Waals surface area contributed by atoms with Crippen LogP contribution in [0.4, 0.5) is 24.7 Å². The zero-order chi connectivity index (χ0) is 22.2. The van der Waals surface area contributed by atoms with Gasteiger partial charge < -0.3 is 9.80 Å². The molecule has 3 aromatic rings. The first-order chi connectivity index (χ1) is 14.7. The first kappa shape index (κ1) is 21.4. The largest absolute Gasteiger partial charge is 0.417 e. The van der Waals surface area contributed by atoms with E-state index in [1.165, 1.54) is 6.20 Å². The van der Waals surface area contributed by atoms with Gasteiger partial charge >= 0.3 is 6.18 Å². The van der Waals surface area contributed by atoms with E-state index in [9.17, 15) is 18.0 Å². The van der Waals surface area contributed by atoms with E-state index in [2.05, 4.69) is 20.0 Å². The highest BCUT2D eigenvalue weighted by atomic mass is 35.5. The highest BCUT2D eigenvalue weighted by molar-refractivity contribution is 6.33. The third kappa shape index (κ3) is 4.45. The summed E-state index contributed by atoms with van der Waals surface area (Å²) in [6, 6.07) is 5.52. The van der Waals surface area contributed by atoms with E-state index in [0.29, 0.717) is 43.1 Å². The van der Waals surface area contributed by atoms with Crippen LogP contribution in [0.25, 0.3) is 5.82 Å². The van der Waals surface area contributed by atoms with Crippen LogP contribution >= 0.6 is 23.2 Å². The van der Waals surface area contributed by atoms with Crippen LogP contribution in [0.5, 0.6) is 0 Å². The number of hydrogen-bond acceptors (Lipinski definition) is 6. The van der Waals surface area contributed by atoms with Gasteiger partial charge in [-0.15, -0.1) is 0 Å². The normalized spacial score (nSPS) is 14.7. The molecule has 162 valence electrons. The smallest absolute Gasteiger partial charge is 0.365 e. The molecule has 1 aliphatic rings. The summed E-state index contributed by atoms with van der Waals surface area (Å²) in [7, 11) is 0. The van der Waals surface area contributed by atoms with Crippen LogP contribution in [-0.2, 0) is 6.18 Å². The van der Waals surface area contributed by atoms with Crippen LogP contribution in [0.2, 0.25) is 10.0 Å². The maximum Gasteiger partial charge on any atom is 0.417 e. The van der Waals surface area contributed by atoms with Gasteiger partial charge in [-0.1, -0.05) is 23.2 Å². The van der Waals surface area contributed by atoms with Crippen LogP contribution in [-0.4, -0.2) is 45.9 Å². The molecule has 0 aliphatic carbocycles. The predicted molar refractivity (Wildman–Crippen MR) is 111 cm³/mol. The van der Waals surface area contributed by atoms with E-state index in [-0.39, 0.29) is 10.8 Å². The summed E-state index contributed by atoms with van der Waals surface area (Å²) in [5.41, 5.74) is -1.12. The molecule has 0 N–H and O–H groups in total. The molecule has 7 nitrogen and oxygen atoms in total. The topological polar surface area (TPSA) is 67.2 Å². The fourth-order valence-electron chi connectivity index (χ4n) is 3.22. The minimum Gasteiger partial charge on any atom is -0.365 e. The van der Waals surface area contributed by atoms with Crippen molar-refractivity contribution in [1.29, 1.82) is 0 Å². The molecule has 1 aliphatic heterocycles. The van der Waals surface area contributed by atoms with Gasteiger partial charge in [-0.3, -0.25) is 4.79 Å². The van der Waals surface area contributed by atoms with E-state index in [0.717, 1.165) is 22.6 Å². The van der Waals surface area contributed by atoms with Gasteiger partial charge in [-0.2, -0.15) is 23.0 Å². The highest BCUT2D eigenvalue weighted by Gasteiger charge is 2.31. The van der Waals surface area contributed by atoms with Crippen molar-refractivity contribution >= 4 is 34.7 Å². The number of piperazine rings is 1. The molecule has 4 rings (SSSR count). The van der Waals surface area contributed by atoms with Crippen LogP contribution in [0.3, 0.4) is 0 Å².